The number of thiophene rings is 1. The normalized spacial score (nSPS) is 12.2. The molecule has 0 aliphatic carbocycles. The second-order valence-corrected chi connectivity index (χ2v) is 15.9. The van der Waals surface area contributed by atoms with Crippen LogP contribution in [0.15, 0.2) is 200 Å². The van der Waals surface area contributed by atoms with Gasteiger partial charge in [-0.2, -0.15) is 0 Å². The Hall–Kier alpha value is -7.00. The summed E-state index contributed by atoms with van der Waals surface area (Å²) in [5, 5.41) is 15.0. The Balaban J connectivity index is 1.32. The molecule has 1 aliphatic heterocycles. The average molecular weight is 728 g/mol. The van der Waals surface area contributed by atoms with E-state index in [9.17, 15) is 0 Å². The summed E-state index contributed by atoms with van der Waals surface area (Å²) < 4.78 is 2.61. The molecular formula is C54H33NS. The van der Waals surface area contributed by atoms with Gasteiger partial charge in [0.2, 0.25) is 0 Å². The predicted octanol–water partition coefficient (Wildman–Crippen LogP) is 16.1. The van der Waals surface area contributed by atoms with E-state index in [1.165, 1.54) is 108 Å². The molecule has 0 saturated carbocycles. The first-order valence-corrected chi connectivity index (χ1v) is 20.1. The minimum atomic E-state index is 1.13. The van der Waals surface area contributed by atoms with Gasteiger partial charge < -0.3 is 4.90 Å². The molecule has 0 atom stereocenters. The van der Waals surface area contributed by atoms with Gasteiger partial charge in [0.25, 0.3) is 0 Å². The van der Waals surface area contributed by atoms with Crippen molar-refractivity contribution in [1.82, 2.24) is 0 Å². The molecule has 10 aromatic carbocycles. The first-order valence-electron chi connectivity index (χ1n) is 19.3. The van der Waals surface area contributed by atoms with Gasteiger partial charge in [0.1, 0.15) is 0 Å². The summed E-state index contributed by atoms with van der Waals surface area (Å²) >= 11 is 1.88. The van der Waals surface area contributed by atoms with Crippen LogP contribution in [0.3, 0.4) is 0 Å². The molecule has 1 aromatic heterocycles. The molecule has 260 valence electrons. The van der Waals surface area contributed by atoms with Crippen molar-refractivity contribution in [3.63, 3.8) is 0 Å². The number of nitrogens with zero attached hydrogens (tertiary/aromatic N) is 1. The lowest BCUT2D eigenvalue weighted by molar-refractivity contribution is 1.30. The molecule has 0 spiro atoms. The summed E-state index contributed by atoms with van der Waals surface area (Å²) in [6.07, 6.45) is 0. The van der Waals surface area contributed by atoms with Crippen LogP contribution in [0, 0.1) is 0 Å². The van der Waals surface area contributed by atoms with Gasteiger partial charge in [0, 0.05) is 37.0 Å². The SMILES string of the molecule is c1ccc2c(c1)-c1ccccc1N(c1ccc3c4ccccc4c4ccccc4c4ccccc4c4cc5c(cc4c3c1)sc1ccccc15)c1ccccc1-2. The zero-order valence-corrected chi connectivity index (χ0v) is 31.2. The van der Waals surface area contributed by atoms with Crippen molar-refractivity contribution in [3.05, 3.63) is 200 Å². The zero-order chi connectivity index (χ0) is 36.7. The Bertz CT molecular complexity index is 3430. The van der Waals surface area contributed by atoms with E-state index in [1.54, 1.807) is 0 Å². The Morgan fingerprint density at radius 1 is 0.250 bits per heavy atom. The van der Waals surface area contributed by atoms with E-state index in [4.69, 9.17) is 0 Å². The van der Waals surface area contributed by atoms with E-state index in [0.717, 1.165) is 5.69 Å². The van der Waals surface area contributed by atoms with Gasteiger partial charge in [-0.05, 0) is 107 Å². The van der Waals surface area contributed by atoms with Crippen molar-refractivity contribution in [3.8, 4) is 22.3 Å². The Morgan fingerprint density at radius 2 is 0.643 bits per heavy atom. The zero-order valence-electron chi connectivity index (χ0n) is 30.4. The second-order valence-electron chi connectivity index (χ2n) is 14.8. The van der Waals surface area contributed by atoms with E-state index in [0.29, 0.717) is 0 Å². The Kier molecular flexibility index (Phi) is 6.87. The lowest BCUT2D eigenvalue weighted by Gasteiger charge is -2.27. The molecule has 0 unspecified atom stereocenters. The summed E-state index contributed by atoms with van der Waals surface area (Å²) in [6.45, 7) is 0. The van der Waals surface area contributed by atoms with Crippen LogP contribution < -0.4 is 4.90 Å². The summed E-state index contributed by atoms with van der Waals surface area (Å²) in [7, 11) is 0. The fraction of sp³-hybridized carbons (Fsp3) is 0. The maximum absolute atomic E-state index is 2.48. The van der Waals surface area contributed by atoms with E-state index in [1.807, 2.05) is 11.3 Å². The molecule has 2 heteroatoms. The van der Waals surface area contributed by atoms with Crippen LogP contribution in [0.25, 0.3) is 96.3 Å². The van der Waals surface area contributed by atoms with E-state index in [2.05, 4.69) is 205 Å². The summed E-state index contributed by atoms with van der Waals surface area (Å²) in [5.74, 6) is 0. The Morgan fingerprint density at radius 3 is 1.20 bits per heavy atom. The summed E-state index contributed by atoms with van der Waals surface area (Å²) in [4.78, 5) is 2.48. The standard InChI is InChI=1S/C54H33NS/c1-2-16-36-35(15-1)37-17-3-4-19-39(37)43-30-29-34(55-51-26-12-9-23-44(51)40-20-6-7-21-41(40)45-24-10-13-27-52(45)55)31-47(43)49-33-54-50(46-25-11-14-28-53(46)56-54)32-48(49)42-22-8-5-18-38(36)42/h1-33H. The second kappa shape index (κ2) is 12.3. The molecule has 2 heterocycles. The maximum atomic E-state index is 2.48. The molecule has 12 rings (SSSR count). The highest BCUT2D eigenvalue weighted by Crippen LogP contribution is 2.51. The van der Waals surface area contributed by atoms with Crippen LogP contribution in [-0.2, 0) is 0 Å². The summed E-state index contributed by atoms with van der Waals surface area (Å²) in [6, 6.07) is 74.5. The van der Waals surface area contributed by atoms with Gasteiger partial charge in [0.15, 0.2) is 0 Å². The largest absolute Gasteiger partial charge is 0.309 e. The molecule has 0 N–H and O–H groups in total. The number of hydrogen-bond donors (Lipinski definition) is 0. The summed E-state index contributed by atoms with van der Waals surface area (Å²) in [5.41, 5.74) is 8.42. The van der Waals surface area contributed by atoms with Gasteiger partial charge >= 0.3 is 0 Å². The monoisotopic (exact) mass is 727 g/mol. The smallest absolute Gasteiger partial charge is 0.0540 e. The maximum Gasteiger partial charge on any atom is 0.0540 e. The number of hydrogen-bond acceptors (Lipinski definition) is 2. The fourth-order valence-corrected chi connectivity index (χ4v) is 10.5. The third kappa shape index (κ3) is 4.60. The molecule has 1 nitrogen and oxygen atoms in total. The molecule has 0 bridgehead atoms. The quantitative estimate of drug-likeness (QED) is 0.163. The Labute approximate surface area is 328 Å². The van der Waals surface area contributed by atoms with Crippen molar-refractivity contribution >= 4 is 102 Å². The van der Waals surface area contributed by atoms with E-state index >= 15 is 0 Å². The van der Waals surface area contributed by atoms with Crippen molar-refractivity contribution in [2.24, 2.45) is 0 Å². The molecule has 1 aliphatic rings. The van der Waals surface area contributed by atoms with Gasteiger partial charge in [-0.1, -0.05) is 158 Å². The lowest BCUT2D eigenvalue weighted by Crippen LogP contribution is -2.10. The highest BCUT2D eigenvalue weighted by molar-refractivity contribution is 7.25. The van der Waals surface area contributed by atoms with Gasteiger partial charge in [0.05, 0.1) is 11.4 Å². The van der Waals surface area contributed by atoms with Crippen LogP contribution in [0.1, 0.15) is 0 Å². The number of para-hydroxylation sites is 2. The van der Waals surface area contributed by atoms with Crippen molar-refractivity contribution in [2.45, 2.75) is 0 Å². The number of anilines is 3. The fourth-order valence-electron chi connectivity index (χ4n) is 9.36. The molecule has 0 fully saturated rings. The average Bonchev–Trinajstić information content (AvgIpc) is 3.58. The topological polar surface area (TPSA) is 3.24 Å². The highest BCUT2D eigenvalue weighted by atomic mass is 32.1. The molecule has 0 amide bonds. The van der Waals surface area contributed by atoms with Gasteiger partial charge in [-0.15, -0.1) is 11.3 Å². The molecule has 0 saturated heterocycles. The van der Waals surface area contributed by atoms with Crippen LogP contribution in [0.5, 0.6) is 0 Å². The van der Waals surface area contributed by atoms with Crippen LogP contribution in [0.2, 0.25) is 0 Å². The van der Waals surface area contributed by atoms with Crippen LogP contribution in [-0.4, -0.2) is 0 Å². The minimum absolute atomic E-state index is 1.13. The molecular weight excluding hydrogens is 695 g/mol. The molecule has 11 aromatic rings. The van der Waals surface area contributed by atoms with Crippen molar-refractivity contribution < 1.29 is 0 Å². The first kappa shape index (κ1) is 31.4. The van der Waals surface area contributed by atoms with E-state index in [-0.39, 0.29) is 0 Å². The number of rotatable bonds is 1. The molecule has 0 radical (unpaired) electrons. The minimum Gasteiger partial charge on any atom is -0.309 e. The van der Waals surface area contributed by atoms with Gasteiger partial charge in [-0.3, -0.25) is 0 Å². The molecule has 56 heavy (non-hydrogen) atoms. The first-order chi connectivity index (χ1) is 27.8. The third-order valence-electron chi connectivity index (χ3n) is 11.8. The van der Waals surface area contributed by atoms with Gasteiger partial charge in [-0.25, -0.2) is 0 Å². The lowest BCUT2D eigenvalue weighted by atomic mass is 9.93. The van der Waals surface area contributed by atoms with E-state index < -0.39 is 0 Å². The third-order valence-corrected chi connectivity index (χ3v) is 12.9. The number of benzene rings is 9. The van der Waals surface area contributed by atoms with Crippen LogP contribution >= 0.6 is 11.3 Å². The number of fused-ring (bicyclic) bond motifs is 18. The van der Waals surface area contributed by atoms with Crippen molar-refractivity contribution in [2.75, 3.05) is 4.90 Å². The van der Waals surface area contributed by atoms with Crippen molar-refractivity contribution in [1.29, 1.82) is 0 Å². The predicted molar refractivity (Wildman–Crippen MR) is 244 cm³/mol. The van der Waals surface area contributed by atoms with Crippen LogP contribution in [0.4, 0.5) is 17.1 Å². The highest BCUT2D eigenvalue weighted by Gasteiger charge is 2.26.